The Hall–Kier alpha value is -2.17. The van der Waals surface area contributed by atoms with Crippen molar-refractivity contribution in [3.8, 4) is 0 Å². The van der Waals surface area contributed by atoms with Gasteiger partial charge in [0.15, 0.2) is 0 Å². The molecular weight excluding hydrogens is 293 g/mol. The molecule has 3 rings (SSSR count). The number of piperidine rings is 1. The Labute approximate surface area is 135 Å². The maximum atomic E-state index is 13.6. The lowest BCUT2D eigenvalue weighted by molar-refractivity contribution is -0.132. The van der Waals surface area contributed by atoms with Gasteiger partial charge in [-0.3, -0.25) is 4.79 Å². The first-order valence-electron chi connectivity index (χ1n) is 8.13. The number of aromatic nitrogens is 2. The third kappa shape index (κ3) is 3.60. The summed E-state index contributed by atoms with van der Waals surface area (Å²) in [5.74, 6) is 1.20. The molecule has 23 heavy (non-hydrogen) atoms. The van der Waals surface area contributed by atoms with Crippen LogP contribution >= 0.6 is 0 Å². The van der Waals surface area contributed by atoms with E-state index in [1.807, 2.05) is 22.7 Å². The van der Waals surface area contributed by atoms with Crippen molar-refractivity contribution in [3.05, 3.63) is 53.9 Å². The second-order valence-corrected chi connectivity index (χ2v) is 6.17. The minimum absolute atomic E-state index is 0.104. The van der Waals surface area contributed by atoms with E-state index in [2.05, 4.69) is 4.98 Å². The zero-order chi connectivity index (χ0) is 16.2. The van der Waals surface area contributed by atoms with E-state index in [0.29, 0.717) is 30.9 Å². The molecule has 0 unspecified atom stereocenters. The average molecular weight is 315 g/mol. The van der Waals surface area contributed by atoms with Crippen molar-refractivity contribution in [2.75, 3.05) is 13.1 Å². The number of hydrogen-bond donors (Lipinski definition) is 0. The molecule has 1 amide bonds. The quantitative estimate of drug-likeness (QED) is 0.870. The number of nitrogens with zero attached hydrogens (tertiary/aromatic N) is 3. The summed E-state index contributed by atoms with van der Waals surface area (Å²) in [5, 5.41) is 0. The molecule has 122 valence electrons. The fourth-order valence-electron chi connectivity index (χ4n) is 3.29. The fraction of sp³-hybridized carbons (Fsp3) is 0.444. The van der Waals surface area contributed by atoms with Gasteiger partial charge in [-0.2, -0.15) is 0 Å². The van der Waals surface area contributed by atoms with Crippen molar-refractivity contribution in [1.82, 2.24) is 14.5 Å². The van der Waals surface area contributed by atoms with Crippen LogP contribution in [0.3, 0.4) is 0 Å². The monoisotopic (exact) mass is 315 g/mol. The van der Waals surface area contributed by atoms with Gasteiger partial charge in [-0.15, -0.1) is 0 Å². The van der Waals surface area contributed by atoms with E-state index in [-0.39, 0.29) is 11.7 Å². The third-order valence-corrected chi connectivity index (χ3v) is 4.56. The maximum absolute atomic E-state index is 13.6. The summed E-state index contributed by atoms with van der Waals surface area (Å²) in [5.41, 5.74) is 0.610. The van der Waals surface area contributed by atoms with Crippen molar-refractivity contribution in [2.45, 2.75) is 31.6 Å². The van der Waals surface area contributed by atoms with E-state index in [4.69, 9.17) is 0 Å². The summed E-state index contributed by atoms with van der Waals surface area (Å²) in [6.07, 6.45) is 6.59. The van der Waals surface area contributed by atoms with E-state index in [1.54, 1.807) is 24.4 Å². The predicted molar refractivity (Wildman–Crippen MR) is 86.5 cm³/mol. The first-order chi connectivity index (χ1) is 11.1. The van der Waals surface area contributed by atoms with Crippen molar-refractivity contribution in [1.29, 1.82) is 0 Å². The van der Waals surface area contributed by atoms with Crippen LogP contribution in [0.5, 0.6) is 0 Å². The Morgan fingerprint density at radius 1 is 1.39 bits per heavy atom. The average Bonchev–Trinajstić information content (AvgIpc) is 3.00. The lowest BCUT2D eigenvalue weighted by atomic mass is 9.96. The highest BCUT2D eigenvalue weighted by molar-refractivity contribution is 5.76. The molecule has 0 aliphatic carbocycles. The van der Waals surface area contributed by atoms with Gasteiger partial charge < -0.3 is 9.47 Å². The molecule has 1 atom stereocenters. The van der Waals surface area contributed by atoms with E-state index in [0.717, 1.165) is 25.2 Å². The molecule has 2 heterocycles. The molecule has 0 saturated carbocycles. The van der Waals surface area contributed by atoms with Gasteiger partial charge in [0, 0.05) is 44.9 Å². The largest absolute Gasteiger partial charge is 0.342 e. The van der Waals surface area contributed by atoms with Crippen LogP contribution < -0.4 is 0 Å². The molecule has 2 aromatic rings. The van der Waals surface area contributed by atoms with E-state index >= 15 is 0 Å². The third-order valence-electron chi connectivity index (χ3n) is 4.56. The maximum Gasteiger partial charge on any atom is 0.222 e. The van der Waals surface area contributed by atoms with E-state index < -0.39 is 0 Å². The first kappa shape index (κ1) is 15.7. The highest BCUT2D eigenvalue weighted by Crippen LogP contribution is 2.26. The molecule has 1 aliphatic heterocycles. The molecule has 0 N–H and O–H groups in total. The number of amides is 1. The van der Waals surface area contributed by atoms with Gasteiger partial charge in [-0.25, -0.2) is 9.37 Å². The van der Waals surface area contributed by atoms with Crippen LogP contribution in [0, 0.1) is 5.82 Å². The lowest BCUT2D eigenvalue weighted by Gasteiger charge is -2.32. The number of hydrogen-bond acceptors (Lipinski definition) is 2. The molecule has 1 aliphatic rings. The van der Waals surface area contributed by atoms with Crippen LogP contribution in [0.1, 0.15) is 36.6 Å². The van der Waals surface area contributed by atoms with E-state index in [9.17, 15) is 9.18 Å². The van der Waals surface area contributed by atoms with Crippen LogP contribution in [0.25, 0.3) is 0 Å². The van der Waals surface area contributed by atoms with E-state index in [1.165, 1.54) is 6.07 Å². The van der Waals surface area contributed by atoms with Gasteiger partial charge in [0.05, 0.1) is 0 Å². The fourth-order valence-corrected chi connectivity index (χ4v) is 3.29. The summed E-state index contributed by atoms with van der Waals surface area (Å²) >= 11 is 0. The summed E-state index contributed by atoms with van der Waals surface area (Å²) in [4.78, 5) is 18.8. The Bertz CT molecular complexity index is 682. The second kappa shape index (κ2) is 6.94. The van der Waals surface area contributed by atoms with Crippen molar-refractivity contribution in [2.24, 2.45) is 7.05 Å². The number of benzene rings is 1. The van der Waals surface area contributed by atoms with Crippen LogP contribution in [0.2, 0.25) is 0 Å². The number of carbonyl (C=O) groups is 1. The Morgan fingerprint density at radius 3 is 2.96 bits per heavy atom. The van der Waals surface area contributed by atoms with Crippen LogP contribution in [0.4, 0.5) is 4.39 Å². The molecule has 0 spiro atoms. The minimum Gasteiger partial charge on any atom is -0.342 e. The molecule has 5 heteroatoms. The number of aryl methyl sites for hydroxylation is 2. The molecule has 1 aromatic heterocycles. The summed E-state index contributed by atoms with van der Waals surface area (Å²) in [6, 6.07) is 6.66. The van der Waals surface area contributed by atoms with Crippen LogP contribution in [-0.4, -0.2) is 33.4 Å². The van der Waals surface area contributed by atoms with Gasteiger partial charge in [0.2, 0.25) is 5.91 Å². The van der Waals surface area contributed by atoms with Crippen molar-refractivity contribution >= 4 is 5.91 Å². The second-order valence-electron chi connectivity index (χ2n) is 6.17. The molecule has 4 nitrogen and oxygen atoms in total. The standard InChI is InChI=1S/C18H22FN3O/c1-21-12-10-20-18(21)15-6-4-11-22(13-15)17(23)9-8-14-5-2-3-7-16(14)19/h2-3,5,7,10,12,15H,4,6,8-9,11,13H2,1H3/t15-/m0/s1. The van der Waals surface area contributed by atoms with Gasteiger partial charge in [-0.1, -0.05) is 18.2 Å². The minimum atomic E-state index is -0.232. The number of rotatable bonds is 4. The van der Waals surface area contributed by atoms with Gasteiger partial charge in [0.25, 0.3) is 0 Å². The molecule has 1 saturated heterocycles. The highest BCUT2D eigenvalue weighted by Gasteiger charge is 2.26. The highest BCUT2D eigenvalue weighted by atomic mass is 19.1. The van der Waals surface area contributed by atoms with Crippen molar-refractivity contribution in [3.63, 3.8) is 0 Å². The Morgan fingerprint density at radius 2 is 2.22 bits per heavy atom. The van der Waals surface area contributed by atoms with Crippen molar-refractivity contribution < 1.29 is 9.18 Å². The van der Waals surface area contributed by atoms with Crippen LogP contribution in [-0.2, 0) is 18.3 Å². The zero-order valence-corrected chi connectivity index (χ0v) is 13.4. The van der Waals surface area contributed by atoms with Crippen LogP contribution in [0.15, 0.2) is 36.7 Å². The van der Waals surface area contributed by atoms with Gasteiger partial charge in [-0.05, 0) is 30.9 Å². The molecule has 0 radical (unpaired) electrons. The number of likely N-dealkylation sites (tertiary alicyclic amines) is 1. The molecule has 1 aromatic carbocycles. The summed E-state index contributed by atoms with van der Waals surface area (Å²) < 4.78 is 15.7. The molecule has 1 fully saturated rings. The Balaban J connectivity index is 1.59. The predicted octanol–water partition coefficient (Wildman–Crippen LogP) is 2.90. The topological polar surface area (TPSA) is 38.1 Å². The summed E-state index contributed by atoms with van der Waals surface area (Å²) in [6.45, 7) is 1.50. The zero-order valence-electron chi connectivity index (χ0n) is 13.4. The lowest BCUT2D eigenvalue weighted by Crippen LogP contribution is -2.39. The van der Waals surface area contributed by atoms with Gasteiger partial charge >= 0.3 is 0 Å². The number of carbonyl (C=O) groups excluding carboxylic acids is 1. The Kier molecular flexibility index (Phi) is 4.74. The van der Waals surface area contributed by atoms with Gasteiger partial charge in [0.1, 0.15) is 11.6 Å². The molecular formula is C18H22FN3O. The normalized spacial score (nSPS) is 18.2. The first-order valence-corrected chi connectivity index (χ1v) is 8.13. The SMILES string of the molecule is Cn1ccnc1[C@H]1CCCN(C(=O)CCc2ccccc2F)C1. The molecule has 0 bridgehead atoms. The number of halogens is 1. The number of imidazole rings is 1. The smallest absolute Gasteiger partial charge is 0.222 e. The summed E-state index contributed by atoms with van der Waals surface area (Å²) in [7, 11) is 1.99.